The summed E-state index contributed by atoms with van der Waals surface area (Å²) in [4.78, 5) is 23.4. The van der Waals surface area contributed by atoms with Crippen molar-refractivity contribution < 1.29 is 62.8 Å². The minimum atomic E-state index is -6.69. The number of esters is 2. The Labute approximate surface area is 202 Å². The minimum absolute atomic E-state index is 0. The van der Waals surface area contributed by atoms with Gasteiger partial charge in [0.1, 0.15) is 0 Å². The summed E-state index contributed by atoms with van der Waals surface area (Å²) in [5.41, 5.74) is 0. The number of ether oxygens (including phenoxy) is 2. The topological polar surface area (TPSA) is 107 Å². The second kappa shape index (κ2) is 13.3. The molecule has 0 aromatic heterocycles. The molecule has 0 aromatic rings. The average Bonchev–Trinajstić information content (AvgIpc) is 2.62. The fourth-order valence-corrected chi connectivity index (χ4v) is 2.84. The second-order valence-electron chi connectivity index (χ2n) is 6.69. The molecule has 0 fully saturated rings. The third kappa shape index (κ3) is 10.1. The van der Waals surface area contributed by atoms with Crippen LogP contribution < -0.4 is 0 Å². The first-order chi connectivity index (χ1) is 13.9. The summed E-state index contributed by atoms with van der Waals surface area (Å²) in [6.45, 7) is 0.658. The van der Waals surface area contributed by atoms with Crippen molar-refractivity contribution in [2.24, 2.45) is 5.92 Å². The van der Waals surface area contributed by atoms with Crippen molar-refractivity contribution in [2.75, 3.05) is 13.2 Å². The van der Waals surface area contributed by atoms with Crippen LogP contribution in [0.2, 0.25) is 0 Å². The SMILES string of the molecule is CCCCC(CC)COC(=O)CC(C(=O)OCC(F)(F)C(F)(F)C(F)(F)F)S(=O)(=O)O.[NaH]. The molecule has 186 valence electrons. The van der Waals surface area contributed by atoms with Crippen LogP contribution in [0, 0.1) is 5.92 Å². The maximum absolute atomic E-state index is 13.2. The van der Waals surface area contributed by atoms with Crippen LogP contribution in [0.15, 0.2) is 0 Å². The van der Waals surface area contributed by atoms with Crippen molar-refractivity contribution in [2.45, 2.75) is 69.2 Å². The standard InChI is InChI=1S/C16H23F7O7S.Na.H/c1-3-5-6-10(4-2)8-29-12(24)7-11(31(26,27)28)13(25)30-9-14(17,18)15(19,20)16(21,22)23;;/h10-11H,3-9H2,1-2H3,(H,26,27,28);;. The summed E-state index contributed by atoms with van der Waals surface area (Å²) in [5.74, 6) is -16.3. The monoisotopic (exact) mass is 516 g/mol. The zero-order valence-electron chi connectivity index (χ0n) is 16.6. The van der Waals surface area contributed by atoms with Crippen LogP contribution in [-0.2, 0) is 29.2 Å². The number of hydrogen-bond donors (Lipinski definition) is 1. The first kappa shape index (κ1) is 33.5. The molecule has 0 radical (unpaired) electrons. The van der Waals surface area contributed by atoms with Crippen LogP contribution in [0.3, 0.4) is 0 Å². The summed E-state index contributed by atoms with van der Waals surface area (Å²) in [5, 5.41) is -2.86. The van der Waals surface area contributed by atoms with E-state index in [9.17, 15) is 48.7 Å². The molecule has 7 nitrogen and oxygen atoms in total. The van der Waals surface area contributed by atoms with E-state index in [0.29, 0.717) is 12.8 Å². The number of rotatable bonds is 13. The molecule has 0 heterocycles. The predicted molar refractivity (Wildman–Crippen MR) is 98.3 cm³/mol. The van der Waals surface area contributed by atoms with Crippen LogP contribution in [-0.4, -0.2) is 91.0 Å². The fourth-order valence-electron chi connectivity index (χ4n) is 2.18. The summed E-state index contributed by atoms with van der Waals surface area (Å²) in [6, 6.07) is 0. The van der Waals surface area contributed by atoms with Gasteiger partial charge in [-0.2, -0.15) is 39.2 Å². The van der Waals surface area contributed by atoms with E-state index in [4.69, 9.17) is 9.29 Å². The third-order valence-electron chi connectivity index (χ3n) is 4.21. The van der Waals surface area contributed by atoms with Crippen molar-refractivity contribution >= 4 is 51.6 Å². The Morgan fingerprint density at radius 1 is 1.00 bits per heavy atom. The van der Waals surface area contributed by atoms with E-state index in [1.54, 1.807) is 6.92 Å². The summed E-state index contributed by atoms with van der Waals surface area (Å²) < 4.78 is 128. The second-order valence-corrected chi connectivity index (χ2v) is 8.29. The molecule has 0 amide bonds. The summed E-state index contributed by atoms with van der Waals surface area (Å²) in [7, 11) is -5.48. The molecule has 0 aliphatic rings. The number of alkyl halides is 7. The van der Waals surface area contributed by atoms with Gasteiger partial charge in [-0.1, -0.05) is 33.1 Å². The van der Waals surface area contributed by atoms with Crippen LogP contribution in [0.4, 0.5) is 30.7 Å². The fraction of sp³-hybridized carbons (Fsp3) is 0.875. The number of carbonyl (C=O) groups is 2. The summed E-state index contributed by atoms with van der Waals surface area (Å²) >= 11 is 0. The van der Waals surface area contributed by atoms with Gasteiger partial charge in [-0.25, -0.2) is 0 Å². The van der Waals surface area contributed by atoms with E-state index in [1.807, 2.05) is 6.92 Å². The number of hydrogen-bond acceptors (Lipinski definition) is 6. The van der Waals surface area contributed by atoms with Gasteiger partial charge in [0.15, 0.2) is 11.9 Å². The Kier molecular flexibility index (Phi) is 13.9. The molecule has 2 unspecified atom stereocenters. The van der Waals surface area contributed by atoms with Gasteiger partial charge >= 0.3 is 59.5 Å². The molecule has 32 heavy (non-hydrogen) atoms. The van der Waals surface area contributed by atoms with E-state index in [0.717, 1.165) is 12.8 Å². The Hall–Kier alpha value is -0.640. The molecule has 1 N–H and O–H groups in total. The first-order valence-electron chi connectivity index (χ1n) is 9.01. The molecule has 0 aliphatic carbocycles. The molecule has 2 atom stereocenters. The van der Waals surface area contributed by atoms with E-state index < -0.39 is 58.4 Å². The van der Waals surface area contributed by atoms with Gasteiger partial charge in [0.25, 0.3) is 10.1 Å². The van der Waals surface area contributed by atoms with E-state index in [-0.39, 0.29) is 42.1 Å². The van der Waals surface area contributed by atoms with Crippen molar-refractivity contribution in [1.82, 2.24) is 0 Å². The third-order valence-corrected chi connectivity index (χ3v) is 5.29. The Morgan fingerprint density at radius 2 is 1.53 bits per heavy atom. The van der Waals surface area contributed by atoms with E-state index in [2.05, 4.69) is 4.74 Å². The molecule has 0 bridgehead atoms. The van der Waals surface area contributed by atoms with Gasteiger partial charge in [0.05, 0.1) is 13.0 Å². The summed E-state index contributed by atoms with van der Waals surface area (Å²) in [6.07, 6.45) is -5.23. The molecule has 0 rings (SSSR count). The van der Waals surface area contributed by atoms with Crippen molar-refractivity contribution in [3.8, 4) is 0 Å². The van der Waals surface area contributed by atoms with Gasteiger partial charge in [-0.15, -0.1) is 0 Å². The van der Waals surface area contributed by atoms with E-state index in [1.165, 1.54) is 0 Å². The Balaban J connectivity index is 0. The van der Waals surface area contributed by atoms with Crippen LogP contribution >= 0.6 is 0 Å². The molecule has 16 heteroatoms. The van der Waals surface area contributed by atoms with Gasteiger partial charge < -0.3 is 9.47 Å². The van der Waals surface area contributed by atoms with Crippen molar-refractivity contribution in [1.29, 1.82) is 0 Å². The van der Waals surface area contributed by atoms with Crippen molar-refractivity contribution in [3.05, 3.63) is 0 Å². The molecule has 0 saturated carbocycles. The van der Waals surface area contributed by atoms with Gasteiger partial charge in [0, 0.05) is 0 Å². The normalized spacial score (nSPS) is 14.8. The van der Waals surface area contributed by atoms with Gasteiger partial charge in [0.2, 0.25) is 0 Å². The van der Waals surface area contributed by atoms with Crippen LogP contribution in [0.5, 0.6) is 0 Å². The average molecular weight is 516 g/mol. The number of halogens is 7. The molecule has 0 aliphatic heterocycles. The van der Waals surface area contributed by atoms with Gasteiger partial charge in [-0.05, 0) is 12.3 Å². The van der Waals surface area contributed by atoms with E-state index >= 15 is 0 Å². The van der Waals surface area contributed by atoms with Crippen LogP contribution in [0.25, 0.3) is 0 Å². The Bertz CT molecular complexity index is 714. The number of unbranched alkanes of at least 4 members (excludes halogenated alkanes) is 1. The van der Waals surface area contributed by atoms with Crippen molar-refractivity contribution in [3.63, 3.8) is 0 Å². The van der Waals surface area contributed by atoms with Crippen LogP contribution in [0.1, 0.15) is 46.0 Å². The number of carbonyl (C=O) groups excluding carboxylic acids is 2. The molecule has 0 aromatic carbocycles. The zero-order chi connectivity index (χ0) is 24.7. The molecular formula is C16H24F7NaO7S. The zero-order valence-corrected chi connectivity index (χ0v) is 17.4. The Morgan fingerprint density at radius 3 is 1.94 bits per heavy atom. The molecule has 0 spiro atoms. The quantitative estimate of drug-likeness (QED) is 0.174. The molecule has 0 saturated heterocycles. The van der Waals surface area contributed by atoms with Gasteiger partial charge in [-0.3, -0.25) is 14.1 Å². The maximum atomic E-state index is 13.2. The first-order valence-corrected chi connectivity index (χ1v) is 10.5. The predicted octanol–water partition coefficient (Wildman–Crippen LogP) is 3.12. The molecular weight excluding hydrogens is 492 g/mol.